The molecule has 0 saturated carbocycles. The Labute approximate surface area is 113 Å². The minimum Gasteiger partial charge on any atom is -0.318 e. The van der Waals surface area contributed by atoms with Crippen molar-refractivity contribution in [2.24, 2.45) is 5.73 Å². The van der Waals surface area contributed by atoms with Crippen LogP contribution >= 0.6 is 0 Å². The molecule has 0 aromatic heterocycles. The van der Waals surface area contributed by atoms with Crippen LogP contribution in [0.5, 0.6) is 0 Å². The Hall–Kier alpha value is -1.67. The SMILES string of the molecule is Cc1ccc(C2(N)CCCc3ccccc32)cc1F. The molecule has 0 heterocycles. The maximum absolute atomic E-state index is 13.8. The first-order chi connectivity index (χ1) is 9.11. The first kappa shape index (κ1) is 12.4. The van der Waals surface area contributed by atoms with Crippen LogP contribution in [0.2, 0.25) is 0 Å². The van der Waals surface area contributed by atoms with Crippen molar-refractivity contribution in [3.8, 4) is 0 Å². The molecule has 1 aliphatic rings. The molecule has 19 heavy (non-hydrogen) atoms. The van der Waals surface area contributed by atoms with Gasteiger partial charge in [-0.15, -0.1) is 0 Å². The smallest absolute Gasteiger partial charge is 0.126 e. The molecule has 0 radical (unpaired) electrons. The summed E-state index contributed by atoms with van der Waals surface area (Å²) in [6.45, 7) is 1.77. The number of fused-ring (bicyclic) bond motifs is 1. The van der Waals surface area contributed by atoms with Crippen LogP contribution in [0.1, 0.15) is 35.1 Å². The van der Waals surface area contributed by atoms with E-state index in [2.05, 4.69) is 12.1 Å². The summed E-state index contributed by atoms with van der Waals surface area (Å²) >= 11 is 0. The predicted molar refractivity (Wildman–Crippen MR) is 75.5 cm³/mol. The van der Waals surface area contributed by atoms with Crippen molar-refractivity contribution >= 4 is 0 Å². The fourth-order valence-electron chi connectivity index (χ4n) is 3.04. The number of benzene rings is 2. The Kier molecular flexibility index (Phi) is 2.90. The van der Waals surface area contributed by atoms with Gasteiger partial charge < -0.3 is 5.73 Å². The van der Waals surface area contributed by atoms with E-state index in [9.17, 15) is 4.39 Å². The van der Waals surface area contributed by atoms with Crippen LogP contribution in [-0.4, -0.2) is 0 Å². The number of nitrogens with two attached hydrogens (primary N) is 1. The molecule has 0 bridgehead atoms. The van der Waals surface area contributed by atoms with E-state index >= 15 is 0 Å². The van der Waals surface area contributed by atoms with Gasteiger partial charge in [0.15, 0.2) is 0 Å². The van der Waals surface area contributed by atoms with E-state index in [1.807, 2.05) is 24.3 Å². The van der Waals surface area contributed by atoms with Crippen molar-refractivity contribution in [3.63, 3.8) is 0 Å². The zero-order valence-corrected chi connectivity index (χ0v) is 11.1. The zero-order valence-electron chi connectivity index (χ0n) is 11.1. The lowest BCUT2D eigenvalue weighted by molar-refractivity contribution is 0.440. The summed E-state index contributed by atoms with van der Waals surface area (Å²) in [5.74, 6) is -0.176. The molecule has 0 aliphatic heterocycles. The van der Waals surface area contributed by atoms with Crippen molar-refractivity contribution in [1.82, 2.24) is 0 Å². The minimum atomic E-state index is -0.552. The molecule has 98 valence electrons. The van der Waals surface area contributed by atoms with Crippen molar-refractivity contribution in [1.29, 1.82) is 0 Å². The molecular formula is C17H18FN. The normalized spacial score (nSPS) is 22.1. The van der Waals surface area contributed by atoms with Gasteiger partial charge >= 0.3 is 0 Å². The van der Waals surface area contributed by atoms with Gasteiger partial charge in [-0.3, -0.25) is 0 Å². The van der Waals surface area contributed by atoms with Gasteiger partial charge in [-0.25, -0.2) is 4.39 Å². The molecule has 0 fully saturated rings. The fourth-order valence-corrected chi connectivity index (χ4v) is 3.04. The zero-order chi connectivity index (χ0) is 13.5. The lowest BCUT2D eigenvalue weighted by atomic mass is 9.73. The molecule has 3 rings (SSSR count). The van der Waals surface area contributed by atoms with E-state index < -0.39 is 5.54 Å². The molecule has 0 amide bonds. The Morgan fingerprint density at radius 3 is 2.74 bits per heavy atom. The van der Waals surface area contributed by atoms with Crippen molar-refractivity contribution in [3.05, 3.63) is 70.5 Å². The van der Waals surface area contributed by atoms with Gasteiger partial charge in [-0.1, -0.05) is 36.4 Å². The lowest BCUT2D eigenvalue weighted by Gasteiger charge is -2.36. The van der Waals surface area contributed by atoms with E-state index in [4.69, 9.17) is 5.73 Å². The first-order valence-electron chi connectivity index (χ1n) is 6.75. The van der Waals surface area contributed by atoms with Crippen LogP contribution in [0.4, 0.5) is 4.39 Å². The number of rotatable bonds is 1. The molecule has 1 unspecified atom stereocenters. The average Bonchev–Trinajstić information content (AvgIpc) is 2.42. The molecule has 1 aliphatic carbocycles. The summed E-state index contributed by atoms with van der Waals surface area (Å²) < 4.78 is 13.8. The highest BCUT2D eigenvalue weighted by Crippen LogP contribution is 2.38. The van der Waals surface area contributed by atoms with Crippen LogP contribution in [0.3, 0.4) is 0 Å². The van der Waals surface area contributed by atoms with Crippen LogP contribution in [0.25, 0.3) is 0 Å². The largest absolute Gasteiger partial charge is 0.318 e. The summed E-state index contributed by atoms with van der Waals surface area (Å²) in [7, 11) is 0. The second-order valence-corrected chi connectivity index (χ2v) is 5.45. The molecule has 0 spiro atoms. The van der Waals surface area contributed by atoms with Crippen molar-refractivity contribution in [2.75, 3.05) is 0 Å². The fraction of sp³-hybridized carbons (Fsp3) is 0.294. The van der Waals surface area contributed by atoms with E-state index in [1.165, 1.54) is 5.56 Å². The van der Waals surface area contributed by atoms with Crippen LogP contribution in [0.15, 0.2) is 42.5 Å². The Balaban J connectivity index is 2.16. The third-order valence-electron chi connectivity index (χ3n) is 4.20. The van der Waals surface area contributed by atoms with Crippen molar-refractivity contribution in [2.45, 2.75) is 31.7 Å². The van der Waals surface area contributed by atoms with Crippen LogP contribution in [-0.2, 0) is 12.0 Å². The van der Waals surface area contributed by atoms with Crippen LogP contribution < -0.4 is 5.73 Å². The highest BCUT2D eigenvalue weighted by atomic mass is 19.1. The number of hydrogen-bond donors (Lipinski definition) is 1. The monoisotopic (exact) mass is 255 g/mol. The summed E-state index contributed by atoms with van der Waals surface area (Å²) in [6.07, 6.45) is 2.97. The van der Waals surface area contributed by atoms with Gasteiger partial charge in [0.2, 0.25) is 0 Å². The minimum absolute atomic E-state index is 0.176. The standard InChI is InChI=1S/C17H18FN/c1-12-8-9-14(11-16(12)18)17(19)10-4-6-13-5-2-3-7-15(13)17/h2-3,5,7-9,11H,4,6,10,19H2,1H3. The molecule has 2 N–H and O–H groups in total. The van der Waals surface area contributed by atoms with Gasteiger partial charge in [0.05, 0.1) is 5.54 Å². The summed E-state index contributed by atoms with van der Waals surface area (Å²) in [6, 6.07) is 13.6. The molecule has 1 atom stereocenters. The van der Waals surface area contributed by atoms with Gasteiger partial charge in [0.25, 0.3) is 0 Å². The second-order valence-electron chi connectivity index (χ2n) is 5.45. The highest BCUT2D eigenvalue weighted by molar-refractivity contribution is 5.45. The van der Waals surface area contributed by atoms with E-state index in [1.54, 1.807) is 13.0 Å². The third-order valence-corrected chi connectivity index (χ3v) is 4.20. The van der Waals surface area contributed by atoms with E-state index in [0.717, 1.165) is 30.4 Å². The quantitative estimate of drug-likeness (QED) is 0.826. The lowest BCUT2D eigenvalue weighted by Crippen LogP contribution is -2.41. The molecule has 2 aromatic rings. The first-order valence-corrected chi connectivity index (χ1v) is 6.75. The Bertz CT molecular complexity index is 620. The third kappa shape index (κ3) is 1.96. The Morgan fingerprint density at radius 2 is 1.95 bits per heavy atom. The van der Waals surface area contributed by atoms with Gasteiger partial charge in [0.1, 0.15) is 5.82 Å². The van der Waals surface area contributed by atoms with E-state index in [-0.39, 0.29) is 5.82 Å². The summed E-state index contributed by atoms with van der Waals surface area (Å²) in [5.41, 5.74) is 10.1. The maximum Gasteiger partial charge on any atom is 0.126 e. The summed E-state index contributed by atoms with van der Waals surface area (Å²) in [4.78, 5) is 0. The molecular weight excluding hydrogens is 237 g/mol. The number of halogens is 1. The van der Waals surface area contributed by atoms with Crippen molar-refractivity contribution < 1.29 is 4.39 Å². The van der Waals surface area contributed by atoms with Crippen LogP contribution in [0, 0.1) is 12.7 Å². The van der Waals surface area contributed by atoms with E-state index in [0.29, 0.717) is 5.56 Å². The average molecular weight is 255 g/mol. The number of hydrogen-bond acceptors (Lipinski definition) is 1. The summed E-state index contributed by atoms with van der Waals surface area (Å²) in [5, 5.41) is 0. The van der Waals surface area contributed by atoms with Gasteiger partial charge in [-0.2, -0.15) is 0 Å². The highest BCUT2D eigenvalue weighted by Gasteiger charge is 2.34. The molecule has 0 saturated heterocycles. The number of aryl methyl sites for hydroxylation is 2. The Morgan fingerprint density at radius 1 is 1.16 bits per heavy atom. The molecule has 2 heteroatoms. The second kappa shape index (κ2) is 4.46. The molecule has 1 nitrogen and oxygen atoms in total. The van der Waals surface area contributed by atoms with Gasteiger partial charge in [-0.05, 0) is 54.5 Å². The molecule has 2 aromatic carbocycles. The topological polar surface area (TPSA) is 26.0 Å². The van der Waals surface area contributed by atoms with Gasteiger partial charge in [0, 0.05) is 0 Å². The predicted octanol–water partition coefficient (Wildman–Crippen LogP) is 3.67. The maximum atomic E-state index is 13.8.